The lowest BCUT2D eigenvalue weighted by atomic mass is 9.79. The van der Waals surface area contributed by atoms with Crippen LogP contribution in [-0.4, -0.2) is 29.9 Å². The molecule has 0 aromatic heterocycles. The molecule has 0 atom stereocenters. The van der Waals surface area contributed by atoms with Crippen LogP contribution in [0.15, 0.2) is 6.07 Å². The molecule has 0 aliphatic carbocycles. The second-order valence-corrected chi connectivity index (χ2v) is 7.49. The molecule has 0 unspecified atom stereocenters. The van der Waals surface area contributed by atoms with Crippen LogP contribution in [0.4, 0.5) is 10.5 Å². The summed E-state index contributed by atoms with van der Waals surface area (Å²) in [6, 6.07) is 1.42. The predicted octanol–water partition coefficient (Wildman–Crippen LogP) is 3.36. The number of anilines is 1. The molecule has 0 saturated carbocycles. The first-order valence-corrected chi connectivity index (χ1v) is 8.11. The molecule has 1 aromatic carbocycles. The van der Waals surface area contributed by atoms with Crippen LogP contribution >= 0.6 is 23.2 Å². The number of carbonyl (C=O) groups excluding carboxylic acids is 1. The minimum atomic E-state index is -1.12. The normalized spacial score (nSPS) is 14.2. The van der Waals surface area contributed by atoms with E-state index in [4.69, 9.17) is 32.6 Å². The monoisotopic (exact) mass is 359 g/mol. The Bertz CT molecular complexity index is 631. The summed E-state index contributed by atoms with van der Waals surface area (Å²) in [4.78, 5) is 14.0. The van der Waals surface area contributed by atoms with E-state index in [9.17, 15) is 9.82 Å². The van der Waals surface area contributed by atoms with Gasteiger partial charge in [-0.1, -0.05) is 23.2 Å². The molecule has 23 heavy (non-hydrogen) atoms. The fraction of sp³-hybridized carbons (Fsp3) is 0.533. The second kappa shape index (κ2) is 6.51. The van der Waals surface area contributed by atoms with Gasteiger partial charge in [0.2, 0.25) is 0 Å². The van der Waals surface area contributed by atoms with E-state index in [1.165, 1.54) is 4.90 Å². The zero-order valence-electron chi connectivity index (χ0n) is 13.8. The van der Waals surface area contributed by atoms with Crippen LogP contribution in [0.2, 0.25) is 10.0 Å². The van der Waals surface area contributed by atoms with Gasteiger partial charge in [-0.25, -0.2) is 4.79 Å². The molecule has 1 aliphatic heterocycles. The maximum absolute atomic E-state index is 12.6. The molecule has 0 fully saturated rings. The molecule has 0 spiro atoms. The van der Waals surface area contributed by atoms with Gasteiger partial charge in [-0.05, 0) is 46.2 Å². The number of carbonyl (C=O) groups is 1. The lowest BCUT2D eigenvalue weighted by Gasteiger charge is -2.31. The van der Waals surface area contributed by atoms with Gasteiger partial charge in [0.25, 0.3) is 0 Å². The van der Waals surface area contributed by atoms with Gasteiger partial charge in [0, 0.05) is 11.5 Å². The first-order valence-electron chi connectivity index (χ1n) is 7.35. The van der Waals surface area contributed by atoms with Crippen molar-refractivity contribution in [2.75, 3.05) is 4.90 Å². The van der Waals surface area contributed by atoms with Crippen LogP contribution in [0, 0.1) is 0 Å². The molecule has 2 rings (SSSR count). The Labute approximate surface area is 146 Å². The molecule has 0 bridgehead atoms. The van der Waals surface area contributed by atoms with E-state index in [0.29, 0.717) is 21.7 Å². The Morgan fingerprint density at radius 3 is 2.57 bits per heavy atom. The lowest BCUT2D eigenvalue weighted by Crippen LogP contribution is -2.42. The van der Waals surface area contributed by atoms with Gasteiger partial charge in [0.15, 0.2) is 0 Å². The zero-order chi connectivity index (χ0) is 17.5. The summed E-state index contributed by atoms with van der Waals surface area (Å²) < 4.78 is 10.6. The molecule has 0 saturated heterocycles. The van der Waals surface area contributed by atoms with Crippen molar-refractivity contribution in [3.8, 4) is 0 Å². The number of benzene rings is 1. The number of hydrogen-bond acceptors (Lipinski definition) is 4. The molecule has 1 amide bonds. The number of amides is 1. The number of rotatable bonds is 2. The fourth-order valence-electron chi connectivity index (χ4n) is 2.40. The number of ether oxygens (including phenoxy) is 1. The Morgan fingerprint density at radius 1 is 1.43 bits per heavy atom. The highest BCUT2D eigenvalue weighted by Gasteiger charge is 2.36. The minimum Gasteiger partial charge on any atom is -0.443 e. The Kier molecular flexibility index (Phi) is 5.21. The fourth-order valence-corrected chi connectivity index (χ4v) is 3.18. The SMILES string of the molecule is CC(C)N(C(=O)OC(C)(C)C)c1c(Cl)cc2c(c1Cl)B(O)OC2. The van der Waals surface area contributed by atoms with Crippen molar-refractivity contribution in [1.29, 1.82) is 0 Å². The minimum absolute atomic E-state index is 0.206. The summed E-state index contributed by atoms with van der Waals surface area (Å²) >= 11 is 12.8. The van der Waals surface area contributed by atoms with E-state index < -0.39 is 18.8 Å². The molecule has 5 nitrogen and oxygen atoms in total. The third-order valence-corrected chi connectivity index (χ3v) is 3.98. The summed E-state index contributed by atoms with van der Waals surface area (Å²) in [5.41, 5.74) is 0.827. The lowest BCUT2D eigenvalue weighted by molar-refractivity contribution is 0.0570. The molecule has 0 radical (unpaired) electrons. The van der Waals surface area contributed by atoms with E-state index in [1.807, 2.05) is 13.8 Å². The average Bonchev–Trinajstić information content (AvgIpc) is 2.72. The van der Waals surface area contributed by atoms with E-state index in [-0.39, 0.29) is 17.7 Å². The largest absolute Gasteiger partial charge is 0.493 e. The maximum atomic E-state index is 12.6. The Morgan fingerprint density at radius 2 is 2.04 bits per heavy atom. The molecule has 126 valence electrons. The third-order valence-electron chi connectivity index (χ3n) is 3.31. The zero-order valence-corrected chi connectivity index (χ0v) is 15.3. The molecule has 8 heteroatoms. The molecule has 1 aliphatic rings. The van der Waals surface area contributed by atoms with Gasteiger partial charge in [-0.2, -0.15) is 0 Å². The second-order valence-electron chi connectivity index (χ2n) is 6.70. The number of hydrogen-bond donors (Lipinski definition) is 1. The van der Waals surface area contributed by atoms with Gasteiger partial charge in [0.05, 0.1) is 22.3 Å². The smallest absolute Gasteiger partial charge is 0.443 e. The van der Waals surface area contributed by atoms with Gasteiger partial charge >= 0.3 is 13.2 Å². The first-order chi connectivity index (χ1) is 10.5. The standard InChI is InChI=1S/C15H20BCl2NO4/c1-8(2)19(14(20)23-15(3,4)5)13-10(17)6-9-7-22-16(21)11(9)12(13)18/h6,8,21H,7H2,1-5H3. The summed E-state index contributed by atoms with van der Waals surface area (Å²) in [5.74, 6) is 0. The summed E-state index contributed by atoms with van der Waals surface area (Å²) in [5, 5.41) is 10.5. The highest BCUT2D eigenvalue weighted by molar-refractivity contribution is 6.66. The molecule has 1 N–H and O–H groups in total. The van der Waals surface area contributed by atoms with Gasteiger partial charge in [0.1, 0.15) is 5.60 Å². The average molecular weight is 360 g/mol. The van der Waals surface area contributed by atoms with Crippen LogP contribution < -0.4 is 10.4 Å². The van der Waals surface area contributed by atoms with E-state index >= 15 is 0 Å². The quantitative estimate of drug-likeness (QED) is 0.822. The topological polar surface area (TPSA) is 59.0 Å². The molecular formula is C15H20BCl2NO4. The van der Waals surface area contributed by atoms with Gasteiger partial charge < -0.3 is 14.4 Å². The Hall–Kier alpha value is -0.945. The number of nitrogens with zero attached hydrogens (tertiary/aromatic N) is 1. The van der Waals surface area contributed by atoms with Crippen molar-refractivity contribution >= 4 is 47.6 Å². The highest BCUT2D eigenvalue weighted by Crippen LogP contribution is 2.37. The maximum Gasteiger partial charge on any atom is 0.493 e. The van der Waals surface area contributed by atoms with Crippen LogP contribution in [0.1, 0.15) is 40.2 Å². The Balaban J connectivity index is 2.53. The van der Waals surface area contributed by atoms with Crippen molar-refractivity contribution in [3.63, 3.8) is 0 Å². The molecule has 1 aromatic rings. The van der Waals surface area contributed by atoms with Crippen LogP contribution in [0.3, 0.4) is 0 Å². The molecular weight excluding hydrogens is 340 g/mol. The number of fused-ring (bicyclic) bond motifs is 1. The first kappa shape index (κ1) is 18.4. The van der Waals surface area contributed by atoms with E-state index in [0.717, 1.165) is 0 Å². The van der Waals surface area contributed by atoms with Crippen LogP contribution in [0.5, 0.6) is 0 Å². The van der Waals surface area contributed by atoms with Gasteiger partial charge in [-0.3, -0.25) is 4.90 Å². The van der Waals surface area contributed by atoms with Gasteiger partial charge in [-0.15, -0.1) is 0 Å². The van der Waals surface area contributed by atoms with E-state index in [1.54, 1.807) is 26.8 Å². The summed E-state index contributed by atoms with van der Waals surface area (Å²) in [6.45, 7) is 9.24. The van der Waals surface area contributed by atoms with Crippen molar-refractivity contribution in [3.05, 3.63) is 21.7 Å². The van der Waals surface area contributed by atoms with Crippen molar-refractivity contribution < 1.29 is 19.2 Å². The highest BCUT2D eigenvalue weighted by atomic mass is 35.5. The van der Waals surface area contributed by atoms with Crippen molar-refractivity contribution in [1.82, 2.24) is 0 Å². The van der Waals surface area contributed by atoms with Crippen molar-refractivity contribution in [2.24, 2.45) is 0 Å². The molecule has 1 heterocycles. The van der Waals surface area contributed by atoms with Crippen LogP contribution in [-0.2, 0) is 16.0 Å². The summed E-state index contributed by atoms with van der Waals surface area (Å²) in [6.07, 6.45) is -0.551. The van der Waals surface area contributed by atoms with Crippen molar-refractivity contribution in [2.45, 2.75) is 52.9 Å². The summed E-state index contributed by atoms with van der Waals surface area (Å²) in [7, 11) is -1.12. The predicted molar refractivity (Wildman–Crippen MR) is 92.7 cm³/mol. The number of halogens is 2. The third kappa shape index (κ3) is 3.77. The van der Waals surface area contributed by atoms with Crippen LogP contribution in [0.25, 0.3) is 0 Å². The van der Waals surface area contributed by atoms with E-state index in [2.05, 4.69) is 0 Å².